The van der Waals surface area contributed by atoms with Gasteiger partial charge in [-0.05, 0) is 68.0 Å². The van der Waals surface area contributed by atoms with Crippen molar-refractivity contribution in [3.05, 3.63) is 70.0 Å². The smallest absolute Gasteiger partial charge is 0.354 e. The maximum Gasteiger partial charge on any atom is 0.417 e. The van der Waals surface area contributed by atoms with Crippen molar-refractivity contribution in [3.8, 4) is 0 Å². The van der Waals surface area contributed by atoms with Gasteiger partial charge in [-0.15, -0.1) is 0 Å². The Kier molecular flexibility index (Phi) is 9.07. The van der Waals surface area contributed by atoms with Crippen molar-refractivity contribution in [2.45, 2.75) is 63.2 Å². The van der Waals surface area contributed by atoms with Gasteiger partial charge in [-0.3, -0.25) is 14.4 Å². The number of nitrogens with zero attached hydrogens (tertiary/aromatic N) is 2. The topological polar surface area (TPSA) is 69.7 Å². The summed E-state index contributed by atoms with van der Waals surface area (Å²) in [5, 5.41) is 2.42. The Hall–Kier alpha value is -3.14. The fraction of sp³-hybridized carbons (Fsp3) is 0.483. The summed E-state index contributed by atoms with van der Waals surface area (Å²) >= 11 is 5.74. The molecule has 2 fully saturated rings. The van der Waals surface area contributed by atoms with E-state index in [9.17, 15) is 31.9 Å². The van der Waals surface area contributed by atoms with Crippen molar-refractivity contribution in [1.29, 1.82) is 0 Å². The Labute approximate surface area is 235 Å². The highest BCUT2D eigenvalue weighted by atomic mass is 35.5. The van der Waals surface area contributed by atoms with Crippen LogP contribution < -0.4 is 5.32 Å². The van der Waals surface area contributed by atoms with Gasteiger partial charge < -0.3 is 15.1 Å². The number of alkyl halides is 3. The highest BCUT2D eigenvalue weighted by molar-refractivity contribution is 6.31. The van der Waals surface area contributed by atoms with Crippen LogP contribution in [0, 0.1) is 11.7 Å². The van der Waals surface area contributed by atoms with Crippen LogP contribution in [0.25, 0.3) is 0 Å². The van der Waals surface area contributed by atoms with Crippen LogP contribution in [-0.4, -0.2) is 59.7 Å². The third kappa shape index (κ3) is 6.77. The molecule has 0 bridgehead atoms. The minimum Gasteiger partial charge on any atom is -0.354 e. The zero-order chi connectivity index (χ0) is 29.2. The van der Waals surface area contributed by atoms with Gasteiger partial charge in [0.2, 0.25) is 11.8 Å². The third-order valence-electron chi connectivity index (χ3n) is 8.01. The molecule has 40 heavy (non-hydrogen) atoms. The molecule has 2 unspecified atom stereocenters. The Balaban J connectivity index is 1.53. The van der Waals surface area contributed by atoms with Gasteiger partial charge in [0.25, 0.3) is 5.91 Å². The number of hydrogen-bond donors (Lipinski definition) is 1. The first kappa shape index (κ1) is 29.8. The molecule has 3 amide bonds. The highest BCUT2D eigenvalue weighted by Crippen LogP contribution is 2.37. The van der Waals surface area contributed by atoms with Gasteiger partial charge in [-0.25, -0.2) is 4.39 Å². The van der Waals surface area contributed by atoms with Crippen molar-refractivity contribution >= 4 is 29.3 Å². The van der Waals surface area contributed by atoms with E-state index < -0.39 is 34.5 Å². The van der Waals surface area contributed by atoms with Crippen LogP contribution in [-0.2, 0) is 15.8 Å². The number of likely N-dealkylation sites (N-methyl/N-ethyl adjacent to an activating group) is 1. The summed E-state index contributed by atoms with van der Waals surface area (Å²) in [6.45, 7) is 2.13. The molecule has 6 nitrogen and oxygen atoms in total. The lowest BCUT2D eigenvalue weighted by molar-refractivity contribution is -0.139. The van der Waals surface area contributed by atoms with Gasteiger partial charge in [0.05, 0.1) is 10.6 Å². The van der Waals surface area contributed by atoms with Gasteiger partial charge in [0.1, 0.15) is 5.82 Å². The summed E-state index contributed by atoms with van der Waals surface area (Å²) < 4.78 is 54.0. The molecule has 2 aromatic rings. The number of amides is 3. The van der Waals surface area contributed by atoms with Crippen LogP contribution in [0.2, 0.25) is 5.02 Å². The number of carbonyl (C=O) groups is 3. The second kappa shape index (κ2) is 12.2. The fourth-order valence-electron chi connectivity index (χ4n) is 5.90. The number of likely N-dealkylation sites (tertiary alicyclic amines) is 1. The van der Waals surface area contributed by atoms with E-state index in [1.807, 2.05) is 0 Å². The normalized spacial score (nSPS) is 23.4. The van der Waals surface area contributed by atoms with E-state index >= 15 is 0 Å². The number of halogens is 5. The molecular formula is C29H32ClF4N3O3. The average Bonchev–Trinajstić information content (AvgIpc) is 2.92. The monoisotopic (exact) mass is 581 g/mol. The fourth-order valence-corrected chi connectivity index (χ4v) is 6.13. The highest BCUT2D eigenvalue weighted by Gasteiger charge is 2.40. The summed E-state index contributed by atoms with van der Waals surface area (Å²) in [5.74, 6) is -1.66. The Morgan fingerprint density at radius 3 is 2.25 bits per heavy atom. The first-order chi connectivity index (χ1) is 18.8. The van der Waals surface area contributed by atoms with E-state index in [4.69, 9.17) is 11.6 Å². The van der Waals surface area contributed by atoms with Gasteiger partial charge in [0.15, 0.2) is 0 Å². The van der Waals surface area contributed by atoms with E-state index in [1.165, 1.54) is 37.1 Å². The largest absolute Gasteiger partial charge is 0.417 e. The van der Waals surface area contributed by atoms with Crippen LogP contribution in [0.3, 0.4) is 0 Å². The summed E-state index contributed by atoms with van der Waals surface area (Å²) in [6.07, 6.45) is -1.58. The molecule has 216 valence electrons. The van der Waals surface area contributed by atoms with Crippen molar-refractivity contribution in [1.82, 2.24) is 15.1 Å². The number of rotatable bonds is 5. The van der Waals surface area contributed by atoms with Gasteiger partial charge in [0, 0.05) is 56.5 Å². The summed E-state index contributed by atoms with van der Waals surface area (Å²) in [5.41, 5.74) is -0.506. The van der Waals surface area contributed by atoms with Crippen molar-refractivity contribution in [2.24, 2.45) is 5.92 Å². The zero-order valence-electron chi connectivity index (χ0n) is 22.3. The van der Waals surface area contributed by atoms with E-state index in [1.54, 1.807) is 17.0 Å². The zero-order valence-corrected chi connectivity index (χ0v) is 23.1. The first-order valence-electron chi connectivity index (χ1n) is 13.3. The lowest BCUT2D eigenvalue weighted by atomic mass is 9.82. The van der Waals surface area contributed by atoms with Crippen molar-refractivity contribution in [2.75, 3.05) is 20.1 Å². The van der Waals surface area contributed by atoms with Crippen molar-refractivity contribution < 1.29 is 31.9 Å². The van der Waals surface area contributed by atoms with Gasteiger partial charge in [-0.2, -0.15) is 13.2 Å². The molecule has 4 rings (SSSR count). The molecule has 2 atom stereocenters. The van der Waals surface area contributed by atoms with E-state index in [-0.39, 0.29) is 41.8 Å². The quantitative estimate of drug-likeness (QED) is 0.464. The third-order valence-corrected chi connectivity index (χ3v) is 8.34. The lowest BCUT2D eigenvalue weighted by Crippen LogP contribution is -2.53. The van der Waals surface area contributed by atoms with Crippen LogP contribution in [0.1, 0.15) is 66.4 Å². The maximum atomic E-state index is 13.7. The second-order valence-electron chi connectivity index (χ2n) is 10.7. The molecule has 0 radical (unpaired) electrons. The molecule has 0 aromatic heterocycles. The Morgan fingerprint density at radius 2 is 1.65 bits per heavy atom. The minimum absolute atomic E-state index is 0.00772. The SMILES string of the molecule is CC(=O)N[C@H]1CC[C@H](C(=O)N2CCC(N(C)C(=O)c3ccc(Cl)c(C(F)(F)F)c3)C(c3ccc(F)cc3)C2)CC1. The standard InChI is InChI=1S/C29H32ClF4N3O3/c1-17(38)35-22-10-5-19(6-11-22)28(40)37-14-13-26(23(16-37)18-3-8-21(31)9-4-18)36(2)27(39)20-7-12-25(30)24(15-20)29(32,33)34/h3-4,7-9,12,15,19,22-23,26H,5-6,10-11,13-14,16H2,1-2H3,(H,35,38)/t19-,22-,23?,26?. The predicted octanol–water partition coefficient (Wildman–Crippen LogP) is 5.65. The molecule has 1 heterocycles. The van der Waals surface area contributed by atoms with Crippen LogP contribution in [0.4, 0.5) is 17.6 Å². The van der Waals surface area contributed by atoms with Gasteiger partial charge >= 0.3 is 6.18 Å². The van der Waals surface area contributed by atoms with Gasteiger partial charge in [-0.1, -0.05) is 23.7 Å². The number of hydrogen-bond acceptors (Lipinski definition) is 3. The van der Waals surface area contributed by atoms with E-state index in [2.05, 4.69) is 5.32 Å². The second-order valence-corrected chi connectivity index (χ2v) is 11.1. The molecule has 1 aliphatic heterocycles. The first-order valence-corrected chi connectivity index (χ1v) is 13.7. The maximum absolute atomic E-state index is 13.7. The summed E-state index contributed by atoms with van der Waals surface area (Å²) in [7, 11) is 1.53. The Morgan fingerprint density at radius 1 is 1.00 bits per heavy atom. The molecule has 2 aliphatic rings. The Bertz CT molecular complexity index is 1250. The summed E-state index contributed by atoms with van der Waals surface area (Å²) in [4.78, 5) is 41.4. The van der Waals surface area contributed by atoms with Crippen LogP contribution >= 0.6 is 11.6 Å². The van der Waals surface area contributed by atoms with E-state index in [0.29, 0.717) is 38.6 Å². The molecule has 1 N–H and O–H groups in total. The molecule has 1 aliphatic carbocycles. The molecular weight excluding hydrogens is 550 g/mol. The summed E-state index contributed by atoms with van der Waals surface area (Å²) in [6, 6.07) is 8.55. The van der Waals surface area contributed by atoms with Crippen molar-refractivity contribution in [3.63, 3.8) is 0 Å². The molecule has 0 spiro atoms. The molecule has 11 heteroatoms. The number of nitrogens with one attached hydrogen (secondary N) is 1. The van der Waals surface area contributed by atoms with Crippen LogP contribution in [0.15, 0.2) is 42.5 Å². The molecule has 1 saturated carbocycles. The molecule has 2 aromatic carbocycles. The molecule has 1 saturated heterocycles. The number of carbonyl (C=O) groups excluding carboxylic acids is 3. The number of benzene rings is 2. The minimum atomic E-state index is -4.71. The van der Waals surface area contributed by atoms with Crippen LogP contribution in [0.5, 0.6) is 0 Å². The number of piperidine rings is 1. The average molecular weight is 582 g/mol. The predicted molar refractivity (Wildman–Crippen MR) is 142 cm³/mol. The lowest BCUT2D eigenvalue weighted by Gasteiger charge is -2.44. The van der Waals surface area contributed by atoms with E-state index in [0.717, 1.165) is 17.7 Å².